The number of rotatable bonds is 1. The van der Waals surface area contributed by atoms with Gasteiger partial charge in [-0.15, -0.1) is 0 Å². The zero-order valence-corrected chi connectivity index (χ0v) is 8.85. The lowest BCUT2D eigenvalue weighted by Crippen LogP contribution is -2.17. The van der Waals surface area contributed by atoms with Crippen molar-refractivity contribution in [2.45, 2.75) is 18.9 Å². The first-order valence-electron chi connectivity index (χ1n) is 4.93. The van der Waals surface area contributed by atoms with E-state index in [1.54, 1.807) is 0 Å². The molecule has 2 heterocycles. The number of aliphatic hydroxyl groups is 1. The molecule has 0 aromatic carbocycles. The van der Waals surface area contributed by atoms with Crippen molar-refractivity contribution in [3.8, 4) is 0 Å². The molecule has 0 amide bonds. The van der Waals surface area contributed by atoms with Crippen molar-refractivity contribution < 1.29 is 5.11 Å². The molecule has 0 spiro atoms. The van der Waals surface area contributed by atoms with Gasteiger partial charge in [0.2, 0.25) is 0 Å². The highest BCUT2D eigenvalue weighted by Gasteiger charge is 2.21. The van der Waals surface area contributed by atoms with Gasteiger partial charge in [-0.1, -0.05) is 6.07 Å². The average molecular weight is 194 g/mol. The van der Waals surface area contributed by atoms with Crippen molar-refractivity contribution in [3.63, 3.8) is 0 Å². The molecule has 1 atom stereocenters. The van der Waals surface area contributed by atoms with E-state index in [1.807, 2.05) is 18.5 Å². The quantitative estimate of drug-likeness (QED) is 0.735. The van der Waals surface area contributed by atoms with E-state index >= 15 is 0 Å². The third kappa shape index (κ3) is 2.53. The van der Waals surface area contributed by atoms with Gasteiger partial charge in [0.05, 0.1) is 0 Å². The Morgan fingerprint density at radius 3 is 2.79 bits per heavy atom. The van der Waals surface area contributed by atoms with Crippen molar-refractivity contribution >= 4 is 0 Å². The van der Waals surface area contributed by atoms with Crippen molar-refractivity contribution in [2.75, 3.05) is 20.7 Å². The first kappa shape index (κ1) is 11.1. The molecule has 1 aromatic rings. The predicted octanol–water partition coefficient (Wildman–Crippen LogP) is 1.46. The summed E-state index contributed by atoms with van der Waals surface area (Å²) < 4.78 is 0. The van der Waals surface area contributed by atoms with Gasteiger partial charge in [-0.05, 0) is 38.1 Å². The monoisotopic (exact) mass is 194 g/mol. The molecule has 1 saturated heterocycles. The number of likely N-dealkylation sites (tertiary alicyclic amines) is 1. The van der Waals surface area contributed by atoms with E-state index in [0.29, 0.717) is 6.04 Å². The van der Waals surface area contributed by atoms with Crippen molar-refractivity contribution in [1.82, 2.24) is 9.88 Å². The van der Waals surface area contributed by atoms with Crippen LogP contribution in [0, 0.1) is 0 Å². The molecule has 1 fully saturated rings. The maximum Gasteiger partial charge on any atom is 0.0360 e. The molecule has 0 radical (unpaired) electrons. The lowest BCUT2D eigenvalue weighted by atomic mass is 10.1. The van der Waals surface area contributed by atoms with Crippen molar-refractivity contribution in [2.24, 2.45) is 0 Å². The summed E-state index contributed by atoms with van der Waals surface area (Å²) in [6, 6.07) is 4.79. The minimum Gasteiger partial charge on any atom is -0.400 e. The second-order valence-electron chi connectivity index (χ2n) is 3.42. The van der Waals surface area contributed by atoms with Crippen LogP contribution in [-0.2, 0) is 0 Å². The minimum absolute atomic E-state index is 0.610. The summed E-state index contributed by atoms with van der Waals surface area (Å²) in [6.45, 7) is 1.22. The summed E-state index contributed by atoms with van der Waals surface area (Å²) >= 11 is 0. The second kappa shape index (κ2) is 5.73. The molecule has 0 unspecified atom stereocenters. The molecule has 3 nitrogen and oxygen atoms in total. The Morgan fingerprint density at radius 2 is 2.29 bits per heavy atom. The van der Waals surface area contributed by atoms with Crippen molar-refractivity contribution in [1.29, 1.82) is 0 Å². The fraction of sp³-hybridized carbons (Fsp3) is 0.545. The van der Waals surface area contributed by atoms with Crippen LogP contribution in [-0.4, -0.2) is 35.7 Å². The summed E-state index contributed by atoms with van der Waals surface area (Å²) in [5.74, 6) is 0. The van der Waals surface area contributed by atoms with Gasteiger partial charge in [0, 0.05) is 25.5 Å². The smallest absolute Gasteiger partial charge is 0.0360 e. The van der Waals surface area contributed by atoms with E-state index in [2.05, 4.69) is 23.0 Å². The zero-order valence-electron chi connectivity index (χ0n) is 8.85. The molecule has 0 bridgehead atoms. The highest BCUT2D eigenvalue weighted by atomic mass is 16.2. The van der Waals surface area contributed by atoms with Gasteiger partial charge in [0.1, 0.15) is 0 Å². The molecule has 1 aliphatic heterocycles. The number of hydrogen-bond donors (Lipinski definition) is 1. The summed E-state index contributed by atoms with van der Waals surface area (Å²) in [6.07, 6.45) is 6.41. The van der Waals surface area contributed by atoms with Crippen LogP contribution in [0.2, 0.25) is 0 Å². The lowest BCUT2D eigenvalue weighted by Gasteiger charge is -2.18. The molecule has 1 aliphatic rings. The summed E-state index contributed by atoms with van der Waals surface area (Å²) in [7, 11) is 3.19. The summed E-state index contributed by atoms with van der Waals surface area (Å²) in [5.41, 5.74) is 1.36. The standard InChI is InChI=1S/C10H14N2.CH4O/c1-12-7-3-5-10(12)9-4-2-6-11-8-9;1-2/h2,4,6,8,10H,3,5,7H2,1H3;2H,1H3/t10-;/m0./s1. The SMILES string of the molecule is CN1CCC[C@H]1c1cccnc1.CO. The molecular weight excluding hydrogens is 176 g/mol. The van der Waals surface area contributed by atoms with Gasteiger partial charge >= 0.3 is 0 Å². The van der Waals surface area contributed by atoms with Crippen LogP contribution < -0.4 is 0 Å². The minimum atomic E-state index is 0.610. The van der Waals surface area contributed by atoms with E-state index in [1.165, 1.54) is 24.9 Å². The molecule has 3 heteroatoms. The van der Waals surface area contributed by atoms with E-state index in [0.717, 1.165) is 7.11 Å². The van der Waals surface area contributed by atoms with E-state index < -0.39 is 0 Å². The summed E-state index contributed by atoms with van der Waals surface area (Å²) in [4.78, 5) is 6.54. The Bertz CT molecular complexity index is 251. The van der Waals surface area contributed by atoms with Crippen LogP contribution in [0.1, 0.15) is 24.4 Å². The van der Waals surface area contributed by atoms with E-state index in [9.17, 15) is 0 Å². The molecule has 78 valence electrons. The molecular formula is C11H18N2O. The first-order valence-corrected chi connectivity index (χ1v) is 4.93. The van der Waals surface area contributed by atoms with Crippen LogP contribution in [0.4, 0.5) is 0 Å². The highest BCUT2D eigenvalue weighted by Crippen LogP contribution is 2.29. The Kier molecular flexibility index (Phi) is 4.56. The summed E-state index contributed by atoms with van der Waals surface area (Å²) in [5, 5.41) is 7.00. The molecule has 1 N–H and O–H groups in total. The maximum atomic E-state index is 7.00. The molecule has 2 rings (SSSR count). The van der Waals surface area contributed by atoms with Crippen LogP contribution in [0.3, 0.4) is 0 Å². The Balaban J connectivity index is 0.000000461. The van der Waals surface area contributed by atoms with Gasteiger partial charge in [0.15, 0.2) is 0 Å². The number of hydrogen-bond acceptors (Lipinski definition) is 3. The van der Waals surface area contributed by atoms with Gasteiger partial charge in [-0.2, -0.15) is 0 Å². The first-order chi connectivity index (χ1) is 6.88. The normalized spacial score (nSPS) is 21.5. The zero-order chi connectivity index (χ0) is 10.4. The van der Waals surface area contributed by atoms with Gasteiger partial charge < -0.3 is 5.11 Å². The maximum absolute atomic E-state index is 7.00. The molecule has 1 aromatic heterocycles. The average Bonchev–Trinajstić information content (AvgIpc) is 2.69. The number of aliphatic hydroxyl groups excluding tert-OH is 1. The molecule has 0 saturated carbocycles. The highest BCUT2D eigenvalue weighted by molar-refractivity contribution is 5.14. The van der Waals surface area contributed by atoms with Crippen LogP contribution >= 0.6 is 0 Å². The molecule has 14 heavy (non-hydrogen) atoms. The van der Waals surface area contributed by atoms with Gasteiger partial charge in [-0.3, -0.25) is 9.88 Å². The van der Waals surface area contributed by atoms with Crippen LogP contribution in [0.25, 0.3) is 0 Å². The van der Waals surface area contributed by atoms with Crippen LogP contribution in [0.15, 0.2) is 24.5 Å². The third-order valence-corrected chi connectivity index (χ3v) is 2.59. The second-order valence-corrected chi connectivity index (χ2v) is 3.42. The fourth-order valence-corrected chi connectivity index (χ4v) is 1.90. The Hall–Kier alpha value is -0.930. The number of aromatic nitrogens is 1. The third-order valence-electron chi connectivity index (χ3n) is 2.59. The Morgan fingerprint density at radius 1 is 1.50 bits per heavy atom. The topological polar surface area (TPSA) is 36.4 Å². The Labute approximate surface area is 85.4 Å². The predicted molar refractivity (Wildman–Crippen MR) is 57.0 cm³/mol. The fourth-order valence-electron chi connectivity index (χ4n) is 1.90. The van der Waals surface area contributed by atoms with Gasteiger partial charge in [-0.25, -0.2) is 0 Å². The van der Waals surface area contributed by atoms with Gasteiger partial charge in [0.25, 0.3) is 0 Å². The number of nitrogens with zero attached hydrogens (tertiary/aromatic N) is 2. The lowest BCUT2D eigenvalue weighted by molar-refractivity contribution is 0.317. The number of pyridine rings is 1. The molecule has 0 aliphatic carbocycles. The van der Waals surface area contributed by atoms with E-state index in [-0.39, 0.29) is 0 Å². The van der Waals surface area contributed by atoms with E-state index in [4.69, 9.17) is 5.11 Å². The largest absolute Gasteiger partial charge is 0.400 e. The van der Waals surface area contributed by atoms with Crippen LogP contribution in [0.5, 0.6) is 0 Å². The van der Waals surface area contributed by atoms with Crippen molar-refractivity contribution in [3.05, 3.63) is 30.1 Å².